The number of hydrogen-bond acceptors (Lipinski definition) is 6. The maximum absolute atomic E-state index is 13.3. The fourth-order valence-corrected chi connectivity index (χ4v) is 4.29. The number of likely N-dealkylation sites (tertiary alicyclic amines) is 1. The molecule has 7 heteroatoms. The molecule has 136 valence electrons. The lowest BCUT2D eigenvalue weighted by atomic mass is 9.78. The van der Waals surface area contributed by atoms with Crippen molar-refractivity contribution in [3.8, 4) is 0 Å². The van der Waals surface area contributed by atoms with Gasteiger partial charge >= 0.3 is 0 Å². The quantitative estimate of drug-likeness (QED) is 0.840. The van der Waals surface area contributed by atoms with Gasteiger partial charge in [-0.2, -0.15) is 4.98 Å². The smallest absolute Gasteiger partial charge is 0.266 e. The summed E-state index contributed by atoms with van der Waals surface area (Å²) < 4.78 is 5.40. The molecule has 2 aromatic rings. The summed E-state index contributed by atoms with van der Waals surface area (Å²) in [6.07, 6.45) is 8.74. The second-order valence-corrected chi connectivity index (χ2v) is 7.85. The van der Waals surface area contributed by atoms with E-state index in [4.69, 9.17) is 4.52 Å². The van der Waals surface area contributed by atoms with Crippen LogP contribution in [0.25, 0.3) is 0 Å². The van der Waals surface area contributed by atoms with Crippen molar-refractivity contribution in [1.82, 2.24) is 20.0 Å². The van der Waals surface area contributed by atoms with E-state index in [-0.39, 0.29) is 11.3 Å². The predicted molar refractivity (Wildman–Crippen MR) is 94.4 cm³/mol. The molecule has 26 heavy (non-hydrogen) atoms. The van der Waals surface area contributed by atoms with Crippen LogP contribution in [0.5, 0.6) is 0 Å². The lowest BCUT2D eigenvalue weighted by Crippen LogP contribution is -2.49. The largest absolute Gasteiger partial charge is 0.338 e. The van der Waals surface area contributed by atoms with Gasteiger partial charge in [0, 0.05) is 44.5 Å². The minimum atomic E-state index is -0.305. The fraction of sp³-hybridized carbons (Fsp3) is 0.579. The Hall–Kier alpha value is -2.44. The van der Waals surface area contributed by atoms with Crippen molar-refractivity contribution in [1.29, 1.82) is 0 Å². The van der Waals surface area contributed by atoms with Crippen molar-refractivity contribution < 1.29 is 9.32 Å². The Morgan fingerprint density at radius 2 is 2.19 bits per heavy atom. The Balaban J connectivity index is 1.31. The van der Waals surface area contributed by atoms with Crippen LogP contribution in [0.2, 0.25) is 0 Å². The maximum Gasteiger partial charge on any atom is 0.266 e. The van der Waals surface area contributed by atoms with Crippen molar-refractivity contribution in [2.75, 3.05) is 24.5 Å². The molecule has 7 nitrogen and oxygen atoms in total. The number of hydrogen-bond donors (Lipinski definition) is 0. The molecule has 1 atom stereocenters. The Labute approximate surface area is 152 Å². The molecule has 2 aliphatic heterocycles. The van der Waals surface area contributed by atoms with Crippen LogP contribution >= 0.6 is 0 Å². The molecule has 3 fully saturated rings. The van der Waals surface area contributed by atoms with Gasteiger partial charge < -0.3 is 14.3 Å². The highest BCUT2D eigenvalue weighted by molar-refractivity contribution is 5.85. The molecule has 0 N–H and O–H groups in total. The molecule has 0 bridgehead atoms. The van der Waals surface area contributed by atoms with E-state index in [1.54, 1.807) is 6.20 Å². The first-order valence-electron chi connectivity index (χ1n) is 9.50. The zero-order valence-corrected chi connectivity index (χ0v) is 14.8. The topological polar surface area (TPSA) is 75.4 Å². The second-order valence-electron chi connectivity index (χ2n) is 7.85. The highest BCUT2D eigenvalue weighted by Gasteiger charge is 2.49. The molecule has 1 amide bonds. The number of piperidine rings is 1. The van der Waals surface area contributed by atoms with Crippen LogP contribution in [0, 0.1) is 5.41 Å². The fourth-order valence-electron chi connectivity index (χ4n) is 4.29. The molecule has 1 saturated carbocycles. The summed E-state index contributed by atoms with van der Waals surface area (Å²) in [4.78, 5) is 26.1. The van der Waals surface area contributed by atoms with E-state index in [1.165, 1.54) is 0 Å². The van der Waals surface area contributed by atoms with Gasteiger partial charge in [0.15, 0.2) is 0 Å². The van der Waals surface area contributed by atoms with E-state index in [2.05, 4.69) is 20.0 Å². The first kappa shape index (κ1) is 15.8. The maximum atomic E-state index is 13.3. The van der Waals surface area contributed by atoms with Crippen LogP contribution in [0.1, 0.15) is 49.5 Å². The number of nitrogens with zero attached hydrogens (tertiary/aromatic N) is 5. The van der Waals surface area contributed by atoms with Crippen LogP contribution in [0.3, 0.4) is 0 Å². The summed E-state index contributed by atoms with van der Waals surface area (Å²) in [5.74, 6) is 2.13. The molecule has 0 aromatic carbocycles. The van der Waals surface area contributed by atoms with E-state index in [0.29, 0.717) is 25.0 Å². The molecule has 1 spiro atoms. The molecule has 0 unspecified atom stereocenters. The number of aromatic nitrogens is 3. The number of anilines is 1. The molecular formula is C19H23N5O2. The van der Waals surface area contributed by atoms with Gasteiger partial charge in [-0.05, 0) is 48.9 Å². The SMILES string of the molecule is O=C1N(Cc2cccnc2)CCC[C@]12CCN(c1noc(C3CC3)n1)C2. The average Bonchev–Trinajstić information content (AvgIpc) is 3.24. The van der Waals surface area contributed by atoms with Gasteiger partial charge in [0.2, 0.25) is 11.8 Å². The molecule has 5 rings (SSSR count). The average molecular weight is 353 g/mol. The third-order valence-corrected chi connectivity index (χ3v) is 5.91. The zero-order valence-electron chi connectivity index (χ0n) is 14.8. The molecule has 2 aromatic heterocycles. The normalized spacial score (nSPS) is 26.1. The molecular weight excluding hydrogens is 330 g/mol. The first-order valence-corrected chi connectivity index (χ1v) is 9.50. The van der Waals surface area contributed by atoms with E-state index >= 15 is 0 Å². The molecule has 4 heterocycles. The lowest BCUT2D eigenvalue weighted by molar-refractivity contribution is -0.145. The number of amides is 1. The van der Waals surface area contributed by atoms with Crippen molar-refractivity contribution in [2.24, 2.45) is 5.41 Å². The first-order chi connectivity index (χ1) is 12.7. The van der Waals surface area contributed by atoms with Gasteiger partial charge in [-0.3, -0.25) is 9.78 Å². The monoisotopic (exact) mass is 353 g/mol. The minimum Gasteiger partial charge on any atom is -0.338 e. The van der Waals surface area contributed by atoms with Gasteiger partial charge in [0.1, 0.15) is 0 Å². The van der Waals surface area contributed by atoms with E-state index in [9.17, 15) is 4.79 Å². The standard InChI is InChI=1S/C19H23N5O2/c25-17-19(6-2-9-23(17)12-14-3-1-8-20-11-14)7-10-24(13-19)18-21-16(26-22-18)15-4-5-15/h1,3,8,11,15H,2,4-7,9-10,12-13H2/t19-/m1/s1. The van der Waals surface area contributed by atoms with Gasteiger partial charge in [0.05, 0.1) is 5.41 Å². The van der Waals surface area contributed by atoms with Crippen molar-refractivity contribution in [3.63, 3.8) is 0 Å². The van der Waals surface area contributed by atoms with Gasteiger partial charge in [0.25, 0.3) is 5.95 Å². The van der Waals surface area contributed by atoms with Gasteiger partial charge in [-0.1, -0.05) is 6.07 Å². The number of carbonyl (C=O) groups is 1. The summed E-state index contributed by atoms with van der Waals surface area (Å²) in [6.45, 7) is 2.97. The van der Waals surface area contributed by atoms with E-state index < -0.39 is 0 Å². The number of rotatable bonds is 4. The summed E-state index contributed by atoms with van der Waals surface area (Å²) in [5.41, 5.74) is 0.779. The molecule has 3 aliphatic rings. The molecule has 1 aliphatic carbocycles. The van der Waals surface area contributed by atoms with Crippen LogP contribution in [0.4, 0.5) is 5.95 Å². The second kappa shape index (κ2) is 6.07. The van der Waals surface area contributed by atoms with Crippen molar-refractivity contribution >= 4 is 11.9 Å². The Kier molecular flexibility index (Phi) is 3.69. The summed E-state index contributed by atoms with van der Waals surface area (Å²) >= 11 is 0. The Morgan fingerprint density at radius 3 is 3.00 bits per heavy atom. The number of carbonyl (C=O) groups excluding carboxylic acids is 1. The van der Waals surface area contributed by atoms with Crippen LogP contribution < -0.4 is 4.90 Å². The summed E-state index contributed by atoms with van der Waals surface area (Å²) in [7, 11) is 0. The Bertz CT molecular complexity index is 803. The Morgan fingerprint density at radius 1 is 1.27 bits per heavy atom. The summed E-state index contributed by atoms with van der Waals surface area (Å²) in [5, 5.41) is 4.16. The summed E-state index contributed by atoms with van der Waals surface area (Å²) in [6, 6.07) is 3.95. The van der Waals surface area contributed by atoms with Gasteiger partial charge in [-0.25, -0.2) is 0 Å². The van der Waals surface area contributed by atoms with E-state index in [1.807, 2.05) is 23.2 Å². The van der Waals surface area contributed by atoms with Gasteiger partial charge in [-0.15, -0.1) is 0 Å². The number of pyridine rings is 1. The zero-order chi connectivity index (χ0) is 17.6. The third kappa shape index (κ3) is 2.75. The van der Waals surface area contributed by atoms with Crippen molar-refractivity contribution in [3.05, 3.63) is 36.0 Å². The molecule has 2 saturated heterocycles. The van der Waals surface area contributed by atoms with Crippen LogP contribution in [-0.2, 0) is 11.3 Å². The van der Waals surface area contributed by atoms with E-state index in [0.717, 1.165) is 56.6 Å². The highest BCUT2D eigenvalue weighted by Crippen LogP contribution is 2.43. The molecule has 0 radical (unpaired) electrons. The van der Waals surface area contributed by atoms with Crippen LogP contribution in [0.15, 0.2) is 29.0 Å². The lowest BCUT2D eigenvalue weighted by Gasteiger charge is -2.39. The third-order valence-electron chi connectivity index (χ3n) is 5.91. The predicted octanol–water partition coefficient (Wildman–Crippen LogP) is 2.36. The minimum absolute atomic E-state index is 0.265. The van der Waals surface area contributed by atoms with Crippen molar-refractivity contribution in [2.45, 2.75) is 44.6 Å². The highest BCUT2D eigenvalue weighted by atomic mass is 16.5. The van der Waals surface area contributed by atoms with Crippen LogP contribution in [-0.4, -0.2) is 45.6 Å².